The van der Waals surface area contributed by atoms with Gasteiger partial charge in [0.25, 0.3) is 0 Å². The smallest absolute Gasteiger partial charge is 0.230 e. The van der Waals surface area contributed by atoms with E-state index in [2.05, 4.69) is 0 Å². The first-order chi connectivity index (χ1) is 15.4. The van der Waals surface area contributed by atoms with Gasteiger partial charge in [0.05, 0.1) is 33.7 Å². The molecule has 0 atom stereocenters. The molecule has 0 spiro atoms. The van der Waals surface area contributed by atoms with E-state index < -0.39 is 9.84 Å². The molecule has 166 valence electrons. The summed E-state index contributed by atoms with van der Waals surface area (Å²) in [5.74, 6) is -0.0738. The number of thioether (sulfide) groups is 1. The molecule has 2 aromatic heterocycles. The first-order valence-corrected chi connectivity index (χ1v) is 13.7. The maximum absolute atomic E-state index is 13.2. The SMILES string of the molecule is CSc1cccc2sc(N(Cc3ccco3)C(=O)CCS(=O)(=O)c3ccc(Cl)cc3)nc12. The number of benzene rings is 2. The zero-order chi connectivity index (χ0) is 22.7. The highest BCUT2D eigenvalue weighted by Gasteiger charge is 2.24. The van der Waals surface area contributed by atoms with Gasteiger partial charge in [0, 0.05) is 16.3 Å². The molecule has 0 aliphatic carbocycles. The van der Waals surface area contributed by atoms with Crippen molar-refractivity contribution in [2.75, 3.05) is 16.9 Å². The molecule has 0 unspecified atom stereocenters. The number of sulfone groups is 1. The number of amides is 1. The minimum atomic E-state index is -3.64. The van der Waals surface area contributed by atoms with E-state index in [1.165, 1.54) is 46.8 Å². The molecular formula is C22H19ClN2O4S3. The summed E-state index contributed by atoms with van der Waals surface area (Å²) in [5, 5.41) is 0.955. The predicted molar refractivity (Wildman–Crippen MR) is 129 cm³/mol. The number of aromatic nitrogens is 1. The van der Waals surface area contributed by atoms with Crippen molar-refractivity contribution in [1.82, 2.24) is 4.98 Å². The molecule has 0 bridgehead atoms. The molecule has 10 heteroatoms. The van der Waals surface area contributed by atoms with Crippen LogP contribution in [0.25, 0.3) is 10.2 Å². The van der Waals surface area contributed by atoms with Crippen molar-refractivity contribution < 1.29 is 17.6 Å². The molecule has 1 amide bonds. The molecular weight excluding hydrogens is 488 g/mol. The number of carbonyl (C=O) groups is 1. The van der Waals surface area contributed by atoms with Crippen molar-refractivity contribution >= 4 is 65.8 Å². The zero-order valence-electron chi connectivity index (χ0n) is 17.0. The Morgan fingerprint density at radius 1 is 1.16 bits per heavy atom. The predicted octanol–water partition coefficient (Wildman–Crippen LogP) is 5.66. The second-order valence-electron chi connectivity index (χ2n) is 6.89. The number of furan rings is 1. The highest BCUT2D eigenvalue weighted by Crippen LogP contribution is 2.35. The number of hydrogen-bond donors (Lipinski definition) is 0. The second kappa shape index (κ2) is 9.66. The van der Waals surface area contributed by atoms with Gasteiger partial charge in [-0.05, 0) is 54.8 Å². The van der Waals surface area contributed by atoms with Crippen molar-refractivity contribution in [1.29, 1.82) is 0 Å². The van der Waals surface area contributed by atoms with Crippen LogP contribution in [-0.4, -0.2) is 31.3 Å². The van der Waals surface area contributed by atoms with E-state index in [1.54, 1.807) is 23.9 Å². The van der Waals surface area contributed by atoms with E-state index in [0.29, 0.717) is 15.9 Å². The topological polar surface area (TPSA) is 80.5 Å². The average molecular weight is 507 g/mol. The van der Waals surface area contributed by atoms with E-state index in [4.69, 9.17) is 21.0 Å². The number of carbonyl (C=O) groups excluding carboxylic acids is 1. The first kappa shape index (κ1) is 22.8. The minimum absolute atomic E-state index is 0.136. The lowest BCUT2D eigenvalue weighted by atomic mass is 10.3. The lowest BCUT2D eigenvalue weighted by Gasteiger charge is -2.18. The van der Waals surface area contributed by atoms with E-state index in [9.17, 15) is 13.2 Å². The number of para-hydroxylation sites is 1. The van der Waals surface area contributed by atoms with Gasteiger partial charge in [-0.15, -0.1) is 11.8 Å². The number of nitrogens with zero attached hydrogens (tertiary/aromatic N) is 2. The molecule has 4 rings (SSSR count). The zero-order valence-corrected chi connectivity index (χ0v) is 20.2. The fraction of sp³-hybridized carbons (Fsp3) is 0.182. The summed E-state index contributed by atoms with van der Waals surface area (Å²) in [4.78, 5) is 20.5. The Bertz CT molecular complexity index is 1330. The summed E-state index contributed by atoms with van der Waals surface area (Å²) in [6.45, 7) is 0.168. The molecule has 2 heterocycles. The minimum Gasteiger partial charge on any atom is -0.467 e. The maximum Gasteiger partial charge on any atom is 0.230 e. The quantitative estimate of drug-likeness (QED) is 0.287. The molecule has 0 saturated heterocycles. The standard InChI is InChI=1S/C22H19ClN2O4S3/c1-30-18-5-2-6-19-21(18)24-22(31-19)25(14-16-4-3-12-29-16)20(26)11-13-32(27,28)17-9-7-15(23)8-10-17/h2-10,12H,11,13-14H2,1H3. The molecule has 0 radical (unpaired) electrons. The lowest BCUT2D eigenvalue weighted by molar-refractivity contribution is -0.118. The second-order valence-corrected chi connectivity index (χ2v) is 11.3. The first-order valence-electron chi connectivity index (χ1n) is 9.62. The van der Waals surface area contributed by atoms with Gasteiger partial charge in [0.15, 0.2) is 15.0 Å². The number of hydrogen-bond acceptors (Lipinski definition) is 7. The van der Waals surface area contributed by atoms with Crippen LogP contribution >= 0.6 is 34.7 Å². The third-order valence-corrected chi connectivity index (χ3v) is 8.57. The average Bonchev–Trinajstić information content (AvgIpc) is 3.45. The Morgan fingerprint density at radius 2 is 1.94 bits per heavy atom. The Balaban J connectivity index is 1.60. The normalized spacial score (nSPS) is 11.7. The number of fused-ring (bicyclic) bond motifs is 1. The summed E-state index contributed by atoms with van der Waals surface area (Å²) >= 11 is 8.82. The van der Waals surface area contributed by atoms with Crippen LogP contribution in [0.15, 0.2) is 75.1 Å². The number of halogens is 1. The molecule has 32 heavy (non-hydrogen) atoms. The van der Waals surface area contributed by atoms with Crippen molar-refractivity contribution in [3.05, 3.63) is 71.6 Å². The summed E-state index contributed by atoms with van der Waals surface area (Å²) in [7, 11) is -3.64. The van der Waals surface area contributed by atoms with Gasteiger partial charge >= 0.3 is 0 Å². The molecule has 4 aromatic rings. The molecule has 0 aliphatic rings. The number of thiazole rings is 1. The van der Waals surface area contributed by atoms with E-state index in [1.807, 2.05) is 24.5 Å². The van der Waals surface area contributed by atoms with Crippen LogP contribution < -0.4 is 4.90 Å². The van der Waals surface area contributed by atoms with E-state index >= 15 is 0 Å². The Morgan fingerprint density at radius 3 is 2.62 bits per heavy atom. The van der Waals surface area contributed by atoms with Crippen LogP contribution in [0.2, 0.25) is 5.02 Å². The summed E-state index contributed by atoms with van der Waals surface area (Å²) in [6, 6.07) is 15.3. The Labute approximate surface area is 199 Å². The Hall–Kier alpha value is -2.33. The van der Waals surface area contributed by atoms with Crippen molar-refractivity contribution in [3.8, 4) is 0 Å². The summed E-state index contributed by atoms with van der Waals surface area (Å²) in [5.41, 5.74) is 0.825. The molecule has 0 aliphatic heterocycles. The molecule has 0 saturated carbocycles. The maximum atomic E-state index is 13.2. The van der Waals surface area contributed by atoms with Gasteiger partial charge in [0.2, 0.25) is 5.91 Å². The summed E-state index contributed by atoms with van der Waals surface area (Å²) < 4.78 is 31.8. The Kier molecular flexibility index (Phi) is 6.90. The van der Waals surface area contributed by atoms with Crippen LogP contribution in [0.5, 0.6) is 0 Å². The number of rotatable bonds is 8. The summed E-state index contributed by atoms with van der Waals surface area (Å²) in [6.07, 6.45) is 3.32. The van der Waals surface area contributed by atoms with Crippen molar-refractivity contribution in [2.45, 2.75) is 22.8 Å². The largest absolute Gasteiger partial charge is 0.467 e. The molecule has 0 fully saturated rings. The van der Waals surface area contributed by atoms with Crippen LogP contribution in [0, 0.1) is 0 Å². The van der Waals surface area contributed by atoms with Gasteiger partial charge < -0.3 is 4.42 Å². The van der Waals surface area contributed by atoms with Crippen molar-refractivity contribution in [3.63, 3.8) is 0 Å². The van der Waals surface area contributed by atoms with Gasteiger partial charge in [0.1, 0.15) is 5.76 Å². The van der Waals surface area contributed by atoms with Crippen LogP contribution in [0.1, 0.15) is 12.2 Å². The van der Waals surface area contributed by atoms with Crippen LogP contribution in [0.3, 0.4) is 0 Å². The highest BCUT2D eigenvalue weighted by molar-refractivity contribution is 7.98. The fourth-order valence-electron chi connectivity index (χ4n) is 3.13. The molecule has 6 nitrogen and oxygen atoms in total. The van der Waals surface area contributed by atoms with Gasteiger partial charge in [-0.2, -0.15) is 0 Å². The third-order valence-electron chi connectivity index (χ3n) is 4.77. The van der Waals surface area contributed by atoms with Crippen LogP contribution in [-0.2, 0) is 21.2 Å². The van der Waals surface area contributed by atoms with E-state index in [0.717, 1.165) is 15.1 Å². The van der Waals surface area contributed by atoms with Gasteiger partial charge in [-0.1, -0.05) is 29.0 Å². The fourth-order valence-corrected chi connectivity index (χ4v) is 6.12. The highest BCUT2D eigenvalue weighted by atomic mass is 35.5. The lowest BCUT2D eigenvalue weighted by Crippen LogP contribution is -2.31. The van der Waals surface area contributed by atoms with Crippen LogP contribution in [0.4, 0.5) is 5.13 Å². The molecule has 0 N–H and O–H groups in total. The van der Waals surface area contributed by atoms with E-state index in [-0.39, 0.29) is 29.5 Å². The van der Waals surface area contributed by atoms with Gasteiger partial charge in [-0.25, -0.2) is 13.4 Å². The third kappa shape index (κ3) is 5.01. The monoisotopic (exact) mass is 506 g/mol. The number of anilines is 1. The molecule has 2 aromatic carbocycles. The van der Waals surface area contributed by atoms with Crippen molar-refractivity contribution in [2.24, 2.45) is 0 Å². The van der Waals surface area contributed by atoms with Gasteiger partial charge in [-0.3, -0.25) is 9.69 Å².